The summed E-state index contributed by atoms with van der Waals surface area (Å²) in [7, 11) is 0. The number of aromatic nitrogens is 2. The summed E-state index contributed by atoms with van der Waals surface area (Å²) in [4.78, 5) is 35.9. The summed E-state index contributed by atoms with van der Waals surface area (Å²) in [6.07, 6.45) is 6.66. The van der Waals surface area contributed by atoms with Crippen LogP contribution in [0, 0.1) is 17.8 Å². The number of piperidine rings is 1. The van der Waals surface area contributed by atoms with Gasteiger partial charge in [0.2, 0.25) is 0 Å². The van der Waals surface area contributed by atoms with E-state index in [2.05, 4.69) is 15.5 Å². The summed E-state index contributed by atoms with van der Waals surface area (Å²) in [6, 6.07) is 13.6. The highest BCUT2D eigenvalue weighted by atomic mass is 16.4. The van der Waals surface area contributed by atoms with E-state index in [0.717, 1.165) is 73.9 Å². The molecule has 9 heteroatoms. The maximum Gasteiger partial charge on any atom is 0.404 e. The molecule has 2 amide bonds. The molecule has 5 rings (SSSR count). The summed E-state index contributed by atoms with van der Waals surface area (Å²) in [5.41, 5.74) is 2.94. The summed E-state index contributed by atoms with van der Waals surface area (Å²) >= 11 is 0. The number of nitrogens with one attached hydrogen (secondary N) is 2. The van der Waals surface area contributed by atoms with Crippen molar-refractivity contribution in [1.82, 2.24) is 20.6 Å². The molecule has 1 aromatic carbocycles. The van der Waals surface area contributed by atoms with Crippen LogP contribution in [0.15, 0.2) is 48.7 Å². The molecule has 39 heavy (non-hydrogen) atoms. The van der Waals surface area contributed by atoms with E-state index < -0.39 is 6.09 Å². The van der Waals surface area contributed by atoms with Crippen LogP contribution in [0.25, 0.3) is 22.2 Å². The van der Waals surface area contributed by atoms with Crippen LogP contribution in [0.2, 0.25) is 0 Å². The van der Waals surface area contributed by atoms with Gasteiger partial charge in [-0.2, -0.15) is 0 Å². The number of carbonyl (C=O) groups excluding carboxylic acids is 1. The molecule has 1 aliphatic heterocycles. The minimum atomic E-state index is -0.973. The highest BCUT2D eigenvalue weighted by Gasteiger charge is 2.23. The van der Waals surface area contributed by atoms with Crippen molar-refractivity contribution in [1.29, 1.82) is 0 Å². The molecule has 0 spiro atoms. The Balaban J connectivity index is 1.26. The fraction of sp³-hybridized carbons (Fsp3) is 0.467. The van der Waals surface area contributed by atoms with Gasteiger partial charge in [0, 0.05) is 49.9 Å². The predicted octanol–water partition coefficient (Wildman–Crippen LogP) is 4.31. The van der Waals surface area contributed by atoms with Gasteiger partial charge in [0.15, 0.2) is 0 Å². The number of fused-ring (bicyclic) bond motifs is 1. The van der Waals surface area contributed by atoms with Gasteiger partial charge < -0.3 is 25.7 Å². The third-order valence-electron chi connectivity index (χ3n) is 8.26. The molecule has 0 radical (unpaired) electrons. The number of nitrogens with zero attached hydrogens (tertiary/aromatic N) is 3. The number of carbonyl (C=O) groups is 2. The molecule has 2 aromatic heterocycles. The number of para-hydroxylation sites is 1. The van der Waals surface area contributed by atoms with Gasteiger partial charge in [0.05, 0.1) is 16.8 Å². The van der Waals surface area contributed by atoms with Crippen LogP contribution in [0.1, 0.15) is 48.9 Å². The lowest BCUT2D eigenvalue weighted by Gasteiger charge is -2.32. The van der Waals surface area contributed by atoms with Crippen molar-refractivity contribution in [3.8, 4) is 11.3 Å². The van der Waals surface area contributed by atoms with Gasteiger partial charge in [-0.3, -0.25) is 4.79 Å². The first-order valence-corrected chi connectivity index (χ1v) is 14.0. The second-order valence-electron chi connectivity index (χ2n) is 10.9. The monoisotopic (exact) mass is 531 g/mol. The molecule has 3 heterocycles. The van der Waals surface area contributed by atoms with Crippen molar-refractivity contribution in [2.45, 2.75) is 38.5 Å². The Morgan fingerprint density at radius 1 is 0.897 bits per heavy atom. The fourth-order valence-corrected chi connectivity index (χ4v) is 5.78. The molecule has 4 N–H and O–H groups in total. The summed E-state index contributed by atoms with van der Waals surface area (Å²) in [6.45, 7) is 3.12. The number of rotatable bonds is 8. The zero-order valence-electron chi connectivity index (χ0n) is 22.2. The van der Waals surface area contributed by atoms with E-state index in [9.17, 15) is 14.7 Å². The van der Waals surface area contributed by atoms with E-state index >= 15 is 0 Å². The van der Waals surface area contributed by atoms with Gasteiger partial charge in [-0.25, -0.2) is 14.8 Å². The standard InChI is InChI=1S/C30H37N5O4/c36-19-22-11-13-35(14-12-22)28-10-9-23(18-31-28)27-15-25(24-3-1-2-4-26(24)34-27)29(37)32-16-20-5-7-21(8-6-20)17-33-30(38)39/h1-4,9-10,15,18,20-22,33,36H,5-8,11-14,16-17,19H2,(H,32,37)(H,38,39). The summed E-state index contributed by atoms with van der Waals surface area (Å²) in [5, 5.41) is 24.7. The van der Waals surface area contributed by atoms with E-state index in [1.807, 2.05) is 48.7 Å². The highest BCUT2D eigenvalue weighted by Crippen LogP contribution is 2.29. The molecule has 1 saturated heterocycles. The lowest BCUT2D eigenvalue weighted by molar-refractivity contribution is 0.0942. The number of hydrogen-bond acceptors (Lipinski definition) is 6. The molecule has 1 saturated carbocycles. The molecule has 206 valence electrons. The molecule has 9 nitrogen and oxygen atoms in total. The fourth-order valence-electron chi connectivity index (χ4n) is 5.78. The molecule has 0 atom stereocenters. The maximum absolute atomic E-state index is 13.4. The Morgan fingerprint density at radius 3 is 2.23 bits per heavy atom. The van der Waals surface area contributed by atoms with Crippen LogP contribution in [0.4, 0.5) is 10.6 Å². The van der Waals surface area contributed by atoms with E-state index in [1.165, 1.54) is 0 Å². The van der Waals surface area contributed by atoms with E-state index in [-0.39, 0.29) is 12.5 Å². The van der Waals surface area contributed by atoms with Gasteiger partial charge in [-0.15, -0.1) is 0 Å². The van der Waals surface area contributed by atoms with Crippen LogP contribution in [-0.4, -0.2) is 65.0 Å². The Kier molecular flexibility index (Phi) is 8.56. The van der Waals surface area contributed by atoms with Gasteiger partial charge in [-0.05, 0) is 80.5 Å². The molecular formula is C30H37N5O4. The van der Waals surface area contributed by atoms with Crippen molar-refractivity contribution in [2.24, 2.45) is 17.8 Å². The Hall–Kier alpha value is -3.72. The first-order valence-electron chi connectivity index (χ1n) is 14.0. The van der Waals surface area contributed by atoms with Crippen molar-refractivity contribution in [2.75, 3.05) is 37.7 Å². The number of amides is 2. The Labute approximate surface area is 228 Å². The smallest absolute Gasteiger partial charge is 0.404 e. The largest absolute Gasteiger partial charge is 0.465 e. The van der Waals surface area contributed by atoms with Gasteiger partial charge >= 0.3 is 6.09 Å². The molecule has 2 aliphatic rings. The minimum Gasteiger partial charge on any atom is -0.465 e. The lowest BCUT2D eigenvalue weighted by atomic mass is 9.82. The molecule has 3 aromatic rings. The number of pyridine rings is 2. The van der Waals surface area contributed by atoms with Crippen molar-refractivity contribution < 1.29 is 19.8 Å². The normalized spacial score (nSPS) is 20.1. The third-order valence-corrected chi connectivity index (χ3v) is 8.26. The molecule has 0 bridgehead atoms. The number of aliphatic hydroxyl groups excluding tert-OH is 1. The van der Waals surface area contributed by atoms with Gasteiger partial charge in [0.25, 0.3) is 5.91 Å². The topological polar surface area (TPSA) is 128 Å². The van der Waals surface area contributed by atoms with Crippen molar-refractivity contribution >= 4 is 28.7 Å². The quantitative estimate of drug-likeness (QED) is 0.341. The molecule has 0 unspecified atom stereocenters. The second-order valence-corrected chi connectivity index (χ2v) is 10.9. The zero-order chi connectivity index (χ0) is 27.2. The van der Waals surface area contributed by atoms with Crippen LogP contribution in [0.5, 0.6) is 0 Å². The van der Waals surface area contributed by atoms with E-state index in [4.69, 9.17) is 15.1 Å². The lowest BCUT2D eigenvalue weighted by Crippen LogP contribution is -2.35. The average molecular weight is 532 g/mol. The number of aliphatic hydroxyl groups is 1. The van der Waals surface area contributed by atoms with Crippen LogP contribution >= 0.6 is 0 Å². The van der Waals surface area contributed by atoms with Crippen LogP contribution < -0.4 is 15.5 Å². The molecular weight excluding hydrogens is 494 g/mol. The Morgan fingerprint density at radius 2 is 1.59 bits per heavy atom. The molecule has 1 aliphatic carbocycles. The third kappa shape index (κ3) is 6.65. The van der Waals surface area contributed by atoms with Gasteiger partial charge in [-0.1, -0.05) is 18.2 Å². The van der Waals surface area contributed by atoms with Crippen LogP contribution in [-0.2, 0) is 0 Å². The van der Waals surface area contributed by atoms with Crippen LogP contribution in [0.3, 0.4) is 0 Å². The minimum absolute atomic E-state index is 0.110. The molecule has 2 fully saturated rings. The van der Waals surface area contributed by atoms with E-state index in [1.54, 1.807) is 0 Å². The second kappa shape index (κ2) is 12.4. The first-order chi connectivity index (χ1) is 19.0. The SMILES string of the molecule is O=C(O)NCC1CCC(CNC(=O)c2cc(-c3ccc(N4CCC(CO)CC4)nc3)nc3ccccc23)CC1. The maximum atomic E-state index is 13.4. The van der Waals surface area contributed by atoms with Crippen molar-refractivity contribution in [3.63, 3.8) is 0 Å². The average Bonchev–Trinajstić information content (AvgIpc) is 2.99. The Bertz CT molecular complexity index is 1280. The highest BCUT2D eigenvalue weighted by molar-refractivity contribution is 6.07. The number of benzene rings is 1. The number of anilines is 1. The number of carboxylic acid groups (broad SMARTS) is 1. The first kappa shape index (κ1) is 26.9. The van der Waals surface area contributed by atoms with E-state index in [0.29, 0.717) is 42.1 Å². The summed E-state index contributed by atoms with van der Waals surface area (Å²) < 4.78 is 0. The zero-order valence-corrected chi connectivity index (χ0v) is 22.2. The predicted molar refractivity (Wildman–Crippen MR) is 151 cm³/mol. The van der Waals surface area contributed by atoms with Gasteiger partial charge in [0.1, 0.15) is 5.82 Å². The van der Waals surface area contributed by atoms with Crippen molar-refractivity contribution in [3.05, 3.63) is 54.2 Å². The summed E-state index contributed by atoms with van der Waals surface area (Å²) in [5.74, 6) is 1.94. The number of hydrogen-bond donors (Lipinski definition) is 4.